The summed E-state index contributed by atoms with van der Waals surface area (Å²) in [6.07, 6.45) is 2.72. The molecule has 1 rings (SSSR count). The number of aromatic nitrogens is 1. The summed E-state index contributed by atoms with van der Waals surface area (Å²) in [4.78, 5) is 0. The summed E-state index contributed by atoms with van der Waals surface area (Å²) < 4.78 is 1.43. The van der Waals surface area contributed by atoms with E-state index in [1.54, 1.807) is 6.07 Å². The fourth-order valence-electron chi connectivity index (χ4n) is 0.386. The molecule has 0 spiro atoms. The van der Waals surface area contributed by atoms with Crippen molar-refractivity contribution in [3.05, 3.63) is 34.2 Å². The third kappa shape index (κ3) is 1.20. The summed E-state index contributed by atoms with van der Waals surface area (Å²) in [5.74, 6) is 0. The molecule has 0 aliphatic rings. The van der Waals surface area contributed by atoms with Gasteiger partial charge >= 0.3 is 0 Å². The van der Waals surface area contributed by atoms with Gasteiger partial charge in [-0.2, -0.15) is 4.73 Å². The van der Waals surface area contributed by atoms with E-state index in [0.29, 0.717) is 4.73 Å². The van der Waals surface area contributed by atoms with Crippen molar-refractivity contribution < 1.29 is 4.73 Å². The van der Waals surface area contributed by atoms with E-state index < -0.39 is 0 Å². The molecule has 0 aliphatic carbocycles. The Kier molecular flexibility index (Phi) is 1.48. The van der Waals surface area contributed by atoms with Gasteiger partial charge in [0.1, 0.15) is 0 Å². The fraction of sp³-hybridized carbons (Fsp3) is 0. The van der Waals surface area contributed by atoms with Crippen molar-refractivity contribution in [3.8, 4) is 0 Å². The van der Waals surface area contributed by atoms with Crippen LogP contribution in [-0.2, 0) is 0 Å². The van der Waals surface area contributed by atoms with Crippen molar-refractivity contribution in [2.75, 3.05) is 0 Å². The molecule has 1 aromatic rings. The molecule has 0 atom stereocenters. The topological polar surface area (TPSA) is 26.9 Å². The molecule has 3 heteroatoms. The Labute approximate surface area is 55.5 Å². The van der Waals surface area contributed by atoms with Gasteiger partial charge in [-0.15, -0.1) is 0 Å². The van der Waals surface area contributed by atoms with E-state index in [4.69, 9.17) is 0 Å². The first-order chi connectivity index (χ1) is 3.79. The summed E-state index contributed by atoms with van der Waals surface area (Å²) in [6, 6.07) is 4.31. The van der Waals surface area contributed by atoms with Crippen LogP contribution in [-0.4, -0.2) is 0 Å². The number of hydrogen-bond acceptors (Lipinski definition) is 1. The van der Waals surface area contributed by atoms with Gasteiger partial charge in [0.15, 0.2) is 12.4 Å². The van der Waals surface area contributed by atoms with Crippen LogP contribution in [0.25, 0.3) is 0 Å². The van der Waals surface area contributed by atoms with Gasteiger partial charge < -0.3 is 5.21 Å². The van der Waals surface area contributed by atoms with E-state index in [0.717, 1.165) is 4.47 Å². The van der Waals surface area contributed by atoms with Crippen molar-refractivity contribution in [1.82, 2.24) is 0 Å². The lowest BCUT2D eigenvalue weighted by atomic mass is 10.5. The Hall–Kier alpha value is -0.570. The maximum Gasteiger partial charge on any atom is 0.194 e. The van der Waals surface area contributed by atoms with Crippen LogP contribution >= 0.6 is 15.9 Å². The average Bonchev–Trinajstić information content (AvgIpc) is 1.64. The monoisotopic (exact) mass is 172 g/mol. The smallest absolute Gasteiger partial charge is 0.194 e. The highest BCUT2D eigenvalue weighted by Gasteiger charge is 1.87. The number of halogens is 1. The molecule has 0 saturated carbocycles. The molecular formula is C5H3BrNO. The molecule has 0 fully saturated rings. The molecule has 0 aliphatic heterocycles. The van der Waals surface area contributed by atoms with Gasteiger partial charge in [0.2, 0.25) is 0 Å². The van der Waals surface area contributed by atoms with Crippen LogP contribution in [0.3, 0.4) is 0 Å². The standard InChI is InChI=1S/C5H3BrNO/c6-5-2-1-3-7(8)4-5/h2-4H. The van der Waals surface area contributed by atoms with E-state index in [-0.39, 0.29) is 0 Å². The molecule has 0 unspecified atom stereocenters. The molecule has 1 radical (unpaired) electrons. The normalized spacial score (nSPS) is 9.12. The molecule has 2 nitrogen and oxygen atoms in total. The largest absolute Gasteiger partial charge is 0.619 e. The molecule has 0 amide bonds. The highest BCUT2D eigenvalue weighted by atomic mass is 79.9. The summed E-state index contributed by atoms with van der Waals surface area (Å²) in [7, 11) is 0. The maximum absolute atomic E-state index is 10.3. The number of nitrogens with zero attached hydrogens (tertiary/aromatic N) is 1. The first kappa shape index (κ1) is 5.56. The van der Waals surface area contributed by atoms with Crippen LogP contribution in [0.5, 0.6) is 0 Å². The summed E-state index contributed by atoms with van der Waals surface area (Å²) >= 11 is 3.11. The van der Waals surface area contributed by atoms with E-state index in [2.05, 4.69) is 22.0 Å². The lowest BCUT2D eigenvalue weighted by Crippen LogP contribution is -2.23. The molecule has 0 aromatic carbocycles. The van der Waals surface area contributed by atoms with Gasteiger partial charge in [0, 0.05) is 0 Å². The first-order valence-electron chi connectivity index (χ1n) is 2.04. The van der Waals surface area contributed by atoms with Gasteiger partial charge in [-0.05, 0) is 22.0 Å². The minimum Gasteiger partial charge on any atom is -0.619 e. The van der Waals surface area contributed by atoms with E-state index in [1.807, 2.05) is 0 Å². The van der Waals surface area contributed by atoms with Crippen LogP contribution in [0, 0.1) is 11.3 Å². The predicted octanol–water partition coefficient (Wildman–Crippen LogP) is 0.883. The molecule has 1 heterocycles. The molecule has 8 heavy (non-hydrogen) atoms. The Morgan fingerprint density at radius 3 is 2.88 bits per heavy atom. The summed E-state index contributed by atoms with van der Waals surface area (Å²) in [6.45, 7) is 0. The van der Waals surface area contributed by atoms with Crippen molar-refractivity contribution in [3.63, 3.8) is 0 Å². The van der Waals surface area contributed by atoms with Crippen molar-refractivity contribution >= 4 is 15.9 Å². The van der Waals surface area contributed by atoms with Gasteiger partial charge in [-0.1, -0.05) is 0 Å². The quantitative estimate of drug-likeness (QED) is 0.422. The fourth-order valence-corrected chi connectivity index (χ4v) is 0.720. The van der Waals surface area contributed by atoms with Crippen LogP contribution in [0.2, 0.25) is 0 Å². The second kappa shape index (κ2) is 2.13. The van der Waals surface area contributed by atoms with E-state index >= 15 is 0 Å². The molecule has 1 aromatic heterocycles. The van der Waals surface area contributed by atoms with Gasteiger partial charge in [-0.25, -0.2) is 0 Å². The lowest BCUT2D eigenvalue weighted by Gasteiger charge is -1.91. The molecule has 0 saturated heterocycles. The Bertz CT molecular complexity index is 172. The second-order valence-electron chi connectivity index (χ2n) is 1.31. The summed E-state index contributed by atoms with van der Waals surface area (Å²) in [5, 5.41) is 10.3. The van der Waals surface area contributed by atoms with Crippen molar-refractivity contribution in [2.24, 2.45) is 0 Å². The minimum absolute atomic E-state index is 0.685. The van der Waals surface area contributed by atoms with Crippen LogP contribution in [0.15, 0.2) is 22.9 Å². The second-order valence-corrected chi connectivity index (χ2v) is 2.23. The van der Waals surface area contributed by atoms with Crippen LogP contribution in [0.4, 0.5) is 0 Å². The summed E-state index contributed by atoms with van der Waals surface area (Å²) in [5.41, 5.74) is 0. The number of rotatable bonds is 0. The van der Waals surface area contributed by atoms with Gasteiger partial charge in [0.05, 0.1) is 10.5 Å². The zero-order valence-corrected chi connectivity index (χ0v) is 5.55. The van der Waals surface area contributed by atoms with Gasteiger partial charge in [-0.3, -0.25) is 0 Å². The highest BCUT2D eigenvalue weighted by Crippen LogP contribution is 2.01. The van der Waals surface area contributed by atoms with Crippen LogP contribution < -0.4 is 4.73 Å². The van der Waals surface area contributed by atoms with Crippen molar-refractivity contribution in [2.45, 2.75) is 0 Å². The molecule has 0 bridgehead atoms. The zero-order chi connectivity index (χ0) is 5.98. The molecular weight excluding hydrogens is 170 g/mol. The average molecular weight is 173 g/mol. The van der Waals surface area contributed by atoms with Gasteiger partial charge in [0.25, 0.3) is 0 Å². The third-order valence-electron chi connectivity index (χ3n) is 0.674. The Morgan fingerprint density at radius 1 is 1.75 bits per heavy atom. The predicted molar refractivity (Wildman–Crippen MR) is 31.9 cm³/mol. The highest BCUT2D eigenvalue weighted by molar-refractivity contribution is 9.10. The zero-order valence-electron chi connectivity index (χ0n) is 3.97. The van der Waals surface area contributed by atoms with E-state index in [1.165, 1.54) is 12.4 Å². The first-order valence-corrected chi connectivity index (χ1v) is 2.84. The third-order valence-corrected chi connectivity index (χ3v) is 1.11. The van der Waals surface area contributed by atoms with Crippen molar-refractivity contribution in [1.29, 1.82) is 0 Å². The SMILES string of the molecule is [O-][n+]1c[c]cc(Br)c1. The Morgan fingerprint density at radius 2 is 2.50 bits per heavy atom. The Balaban J connectivity index is 3.08. The molecule has 41 valence electrons. The maximum atomic E-state index is 10.3. The van der Waals surface area contributed by atoms with Crippen LogP contribution in [0.1, 0.15) is 0 Å². The molecule has 0 N–H and O–H groups in total. The number of hydrogen-bond donors (Lipinski definition) is 0. The van der Waals surface area contributed by atoms with E-state index in [9.17, 15) is 5.21 Å². The number of pyridine rings is 1. The lowest BCUT2D eigenvalue weighted by molar-refractivity contribution is -0.606. The minimum atomic E-state index is 0.685.